The van der Waals surface area contributed by atoms with Crippen LogP contribution in [0.3, 0.4) is 0 Å². The third kappa shape index (κ3) is 5.87. The largest absolute Gasteiger partial charge is 0.354 e. The minimum Gasteiger partial charge on any atom is -0.354 e. The number of amides is 1. The highest BCUT2D eigenvalue weighted by Crippen LogP contribution is 2.10. The van der Waals surface area contributed by atoms with E-state index in [1.165, 1.54) is 12.4 Å². The number of carbonyl (C=O) groups is 1. The van der Waals surface area contributed by atoms with E-state index in [-0.39, 0.29) is 5.91 Å². The number of anilines is 1. The maximum absolute atomic E-state index is 12.0. The molecule has 0 bridgehead atoms. The summed E-state index contributed by atoms with van der Waals surface area (Å²) >= 11 is 5.93. The van der Waals surface area contributed by atoms with Crippen molar-refractivity contribution in [3.05, 3.63) is 52.8 Å². The first-order valence-electron chi connectivity index (χ1n) is 7.77. The third-order valence-corrected chi connectivity index (χ3v) is 3.55. The second kappa shape index (κ2) is 9.10. The van der Waals surface area contributed by atoms with Gasteiger partial charge in [-0.3, -0.25) is 4.79 Å². The first-order valence-corrected chi connectivity index (χ1v) is 8.15. The van der Waals surface area contributed by atoms with Crippen LogP contribution in [-0.4, -0.2) is 29.0 Å². The molecule has 6 heteroatoms. The first kappa shape index (κ1) is 17.2. The number of nitrogens with zero attached hydrogens (tertiary/aromatic N) is 2. The van der Waals surface area contributed by atoms with E-state index in [0.29, 0.717) is 23.1 Å². The predicted octanol–water partition coefficient (Wildman–Crippen LogP) is 3.31. The van der Waals surface area contributed by atoms with Gasteiger partial charge in [0.25, 0.3) is 5.91 Å². The lowest BCUT2D eigenvalue weighted by molar-refractivity contribution is 0.0953. The van der Waals surface area contributed by atoms with E-state index in [9.17, 15) is 4.79 Å². The summed E-state index contributed by atoms with van der Waals surface area (Å²) in [4.78, 5) is 20.3. The highest BCUT2D eigenvalue weighted by molar-refractivity contribution is 6.30. The van der Waals surface area contributed by atoms with Gasteiger partial charge in [-0.1, -0.05) is 37.1 Å². The molecule has 1 amide bonds. The number of unbranched alkanes of at least 4 members (excludes halogenated alkanes) is 1. The smallest absolute Gasteiger partial charge is 0.254 e. The molecule has 2 aromatic rings. The van der Waals surface area contributed by atoms with Crippen molar-refractivity contribution in [2.45, 2.75) is 26.2 Å². The summed E-state index contributed by atoms with van der Waals surface area (Å²) in [5.74, 6) is 0.376. The van der Waals surface area contributed by atoms with Gasteiger partial charge in [0.1, 0.15) is 0 Å². The Labute approximate surface area is 141 Å². The Morgan fingerprint density at radius 2 is 2.00 bits per heavy atom. The van der Waals surface area contributed by atoms with Crippen molar-refractivity contribution in [1.29, 1.82) is 0 Å². The van der Waals surface area contributed by atoms with Crippen LogP contribution in [0.15, 0.2) is 36.7 Å². The molecule has 23 heavy (non-hydrogen) atoms. The van der Waals surface area contributed by atoms with Crippen molar-refractivity contribution in [3.8, 4) is 0 Å². The Balaban J connectivity index is 1.79. The molecule has 0 atom stereocenters. The number of halogens is 1. The number of carbonyl (C=O) groups excluding carboxylic acids is 1. The normalized spacial score (nSPS) is 10.3. The van der Waals surface area contributed by atoms with Gasteiger partial charge in [-0.15, -0.1) is 0 Å². The zero-order chi connectivity index (χ0) is 16.5. The van der Waals surface area contributed by atoms with Crippen LogP contribution in [0.2, 0.25) is 5.02 Å². The Morgan fingerprint density at radius 3 is 2.70 bits per heavy atom. The van der Waals surface area contributed by atoms with Crippen LogP contribution in [0, 0.1) is 0 Å². The third-order valence-electron chi connectivity index (χ3n) is 3.32. The average Bonchev–Trinajstić information content (AvgIpc) is 2.56. The Hall–Kier alpha value is -2.14. The standard InChI is InChI=1S/C17H21ClN4O/c1-2-3-8-20-17-21-11-14(12-22-17)16(23)19-9-7-13-5-4-6-15(18)10-13/h4-6,10-12H,2-3,7-9H2,1H3,(H,19,23)(H,20,21,22). The number of rotatable bonds is 8. The van der Waals surface area contributed by atoms with E-state index in [1.54, 1.807) is 0 Å². The number of nitrogens with one attached hydrogen (secondary N) is 2. The summed E-state index contributed by atoms with van der Waals surface area (Å²) in [6.07, 6.45) is 5.98. The number of aromatic nitrogens is 2. The van der Waals surface area contributed by atoms with Gasteiger partial charge in [0.05, 0.1) is 5.56 Å². The van der Waals surface area contributed by atoms with Crippen LogP contribution in [0.25, 0.3) is 0 Å². The van der Waals surface area contributed by atoms with Crippen molar-refractivity contribution < 1.29 is 4.79 Å². The zero-order valence-electron chi connectivity index (χ0n) is 13.2. The molecule has 0 aliphatic carbocycles. The first-order chi connectivity index (χ1) is 11.2. The number of benzene rings is 1. The fraction of sp³-hybridized carbons (Fsp3) is 0.353. The minimum atomic E-state index is -0.174. The second-order valence-electron chi connectivity index (χ2n) is 5.21. The molecule has 2 N–H and O–H groups in total. The Bertz CT molecular complexity index is 631. The van der Waals surface area contributed by atoms with E-state index in [2.05, 4.69) is 27.5 Å². The van der Waals surface area contributed by atoms with Crippen molar-refractivity contribution in [2.24, 2.45) is 0 Å². The molecule has 1 heterocycles. The fourth-order valence-electron chi connectivity index (χ4n) is 2.03. The second-order valence-corrected chi connectivity index (χ2v) is 5.65. The predicted molar refractivity (Wildman–Crippen MR) is 92.9 cm³/mol. The summed E-state index contributed by atoms with van der Waals surface area (Å²) < 4.78 is 0. The number of hydrogen-bond acceptors (Lipinski definition) is 4. The van der Waals surface area contributed by atoms with E-state index in [0.717, 1.165) is 31.4 Å². The summed E-state index contributed by atoms with van der Waals surface area (Å²) in [6, 6.07) is 7.61. The molecule has 0 aliphatic heterocycles. The SMILES string of the molecule is CCCCNc1ncc(C(=O)NCCc2cccc(Cl)c2)cn1. The van der Waals surface area contributed by atoms with Crippen molar-refractivity contribution >= 4 is 23.5 Å². The van der Waals surface area contributed by atoms with Crippen molar-refractivity contribution in [1.82, 2.24) is 15.3 Å². The molecule has 1 aromatic carbocycles. The number of hydrogen-bond donors (Lipinski definition) is 2. The summed E-state index contributed by atoms with van der Waals surface area (Å²) in [5.41, 5.74) is 1.54. The highest BCUT2D eigenvalue weighted by Gasteiger charge is 2.06. The monoisotopic (exact) mass is 332 g/mol. The van der Waals surface area contributed by atoms with Crippen LogP contribution in [0.1, 0.15) is 35.7 Å². The molecule has 0 spiro atoms. The zero-order valence-corrected chi connectivity index (χ0v) is 13.9. The summed E-state index contributed by atoms with van der Waals surface area (Å²) in [5, 5.41) is 6.67. The van der Waals surface area contributed by atoms with Gasteiger partial charge in [0.2, 0.25) is 5.95 Å². The molecule has 0 fully saturated rings. The van der Waals surface area contributed by atoms with Gasteiger partial charge in [0, 0.05) is 30.5 Å². The maximum atomic E-state index is 12.0. The van der Waals surface area contributed by atoms with E-state index >= 15 is 0 Å². The quantitative estimate of drug-likeness (QED) is 0.728. The lowest BCUT2D eigenvalue weighted by atomic mass is 10.1. The molecule has 2 rings (SSSR count). The molecule has 0 radical (unpaired) electrons. The van der Waals surface area contributed by atoms with Crippen LogP contribution in [0.4, 0.5) is 5.95 Å². The maximum Gasteiger partial charge on any atom is 0.254 e. The Kier molecular flexibility index (Phi) is 6.81. The van der Waals surface area contributed by atoms with Gasteiger partial charge < -0.3 is 10.6 Å². The van der Waals surface area contributed by atoms with Crippen LogP contribution in [0.5, 0.6) is 0 Å². The lowest BCUT2D eigenvalue weighted by Gasteiger charge is -2.07. The van der Waals surface area contributed by atoms with Gasteiger partial charge >= 0.3 is 0 Å². The fourth-order valence-corrected chi connectivity index (χ4v) is 2.24. The molecule has 0 unspecified atom stereocenters. The van der Waals surface area contributed by atoms with Crippen LogP contribution >= 0.6 is 11.6 Å². The van der Waals surface area contributed by atoms with Gasteiger partial charge in [-0.05, 0) is 30.5 Å². The molecule has 0 saturated carbocycles. The minimum absolute atomic E-state index is 0.174. The van der Waals surface area contributed by atoms with Gasteiger partial charge in [-0.2, -0.15) is 0 Å². The summed E-state index contributed by atoms with van der Waals surface area (Å²) in [6.45, 7) is 3.50. The van der Waals surface area contributed by atoms with Crippen LogP contribution in [-0.2, 0) is 6.42 Å². The van der Waals surface area contributed by atoms with Gasteiger partial charge in [0.15, 0.2) is 0 Å². The summed E-state index contributed by atoms with van der Waals surface area (Å²) in [7, 11) is 0. The molecule has 0 saturated heterocycles. The molecule has 122 valence electrons. The van der Waals surface area contributed by atoms with Crippen molar-refractivity contribution in [3.63, 3.8) is 0 Å². The van der Waals surface area contributed by atoms with Gasteiger partial charge in [-0.25, -0.2) is 9.97 Å². The highest BCUT2D eigenvalue weighted by atomic mass is 35.5. The topological polar surface area (TPSA) is 66.9 Å². The van der Waals surface area contributed by atoms with E-state index < -0.39 is 0 Å². The molecule has 0 aliphatic rings. The van der Waals surface area contributed by atoms with Crippen molar-refractivity contribution in [2.75, 3.05) is 18.4 Å². The van der Waals surface area contributed by atoms with Crippen LogP contribution < -0.4 is 10.6 Å². The lowest BCUT2D eigenvalue weighted by Crippen LogP contribution is -2.26. The van der Waals surface area contributed by atoms with E-state index in [4.69, 9.17) is 11.6 Å². The molecular formula is C17H21ClN4O. The molecule has 1 aromatic heterocycles. The average molecular weight is 333 g/mol. The van der Waals surface area contributed by atoms with E-state index in [1.807, 2.05) is 24.3 Å². The molecule has 5 nitrogen and oxygen atoms in total. The molecular weight excluding hydrogens is 312 g/mol. The Morgan fingerprint density at radius 1 is 1.22 bits per heavy atom.